The SMILES string of the molecule is CC[C@H](C)[C@@H]([C@@H](CC(=O)N1CCC[C@H]1[C@H](OC)[C@@H](C)C(=O)N[C@@H](Cc1ccccc1F)C(=O)O)OC)N(C)C(=O)[C@@H](CC(=O)[C@H](C(C)C)N(C)C(=O)CCCCCN1C(=O)CC(SCCCPC)C1=O)C(C)C. The average molecular weight is 1060 g/mol. The quantitative estimate of drug-likeness (QED) is 0.0430. The number of aliphatic carboxylic acids is 1. The number of hydrogen-bond acceptors (Lipinski definition) is 11. The highest BCUT2D eigenvalue weighted by Crippen LogP contribution is 2.32. The molecule has 2 saturated heterocycles. The molecule has 3 rings (SSSR count). The number of halogens is 1. The predicted octanol–water partition coefficient (Wildman–Crippen LogP) is 6.69. The highest BCUT2D eigenvalue weighted by atomic mass is 32.2. The van der Waals surface area contributed by atoms with E-state index in [1.54, 1.807) is 48.6 Å². The van der Waals surface area contributed by atoms with Crippen molar-refractivity contribution in [1.29, 1.82) is 0 Å². The number of benzene rings is 1. The Labute approximate surface area is 440 Å². The summed E-state index contributed by atoms with van der Waals surface area (Å²) in [5.74, 6) is -5.11. The number of carbonyl (C=O) groups excluding carboxylic acids is 7. The normalized spacial score (nSPS) is 19.5. The number of likely N-dealkylation sites (tertiary alicyclic amines) is 2. The van der Waals surface area contributed by atoms with Gasteiger partial charge in [-0.3, -0.25) is 38.5 Å². The molecule has 2 unspecified atom stereocenters. The van der Waals surface area contributed by atoms with E-state index in [1.807, 2.05) is 41.5 Å². The van der Waals surface area contributed by atoms with E-state index in [9.17, 15) is 47.9 Å². The summed E-state index contributed by atoms with van der Waals surface area (Å²) in [4.78, 5) is 114. The van der Waals surface area contributed by atoms with Gasteiger partial charge in [0.1, 0.15) is 11.9 Å². The monoisotopic (exact) mass is 1060 g/mol. The number of likely N-dealkylation sites (N-methyl/N-ethyl adjacent to an activating group) is 2. The second kappa shape index (κ2) is 31.2. The lowest BCUT2D eigenvalue weighted by Gasteiger charge is -2.41. The Balaban J connectivity index is 1.67. The molecule has 0 aromatic heterocycles. The molecule has 2 fully saturated rings. The minimum atomic E-state index is -1.40. The maximum atomic E-state index is 14.7. The van der Waals surface area contributed by atoms with Crippen molar-refractivity contribution in [3.8, 4) is 0 Å². The molecule has 1 aromatic rings. The van der Waals surface area contributed by atoms with E-state index in [0.717, 1.165) is 26.9 Å². The third-order valence-electron chi connectivity index (χ3n) is 14.9. The minimum Gasteiger partial charge on any atom is -0.480 e. The van der Waals surface area contributed by atoms with Crippen molar-refractivity contribution in [2.24, 2.45) is 29.6 Å². The third kappa shape index (κ3) is 17.8. The maximum Gasteiger partial charge on any atom is 0.326 e. The first-order valence-electron chi connectivity index (χ1n) is 26.3. The van der Waals surface area contributed by atoms with Gasteiger partial charge in [0.2, 0.25) is 35.4 Å². The Kier molecular flexibility index (Phi) is 27.0. The molecule has 2 N–H and O–H groups in total. The number of carbonyl (C=O) groups is 8. The van der Waals surface area contributed by atoms with Crippen LogP contribution in [0.1, 0.15) is 125 Å². The number of thioether (sulfide) groups is 1. The summed E-state index contributed by atoms with van der Waals surface area (Å²) < 4.78 is 26.4. The van der Waals surface area contributed by atoms with Crippen LogP contribution in [0.4, 0.5) is 4.39 Å². The van der Waals surface area contributed by atoms with Crippen LogP contribution >= 0.6 is 20.3 Å². The van der Waals surface area contributed by atoms with Gasteiger partial charge in [0.25, 0.3) is 0 Å². The topological polar surface area (TPSA) is 200 Å². The van der Waals surface area contributed by atoms with E-state index in [-0.39, 0.29) is 96.0 Å². The molecule has 0 spiro atoms. The molecule has 412 valence electrons. The number of imide groups is 1. The van der Waals surface area contributed by atoms with Crippen molar-refractivity contribution in [1.82, 2.24) is 24.9 Å². The number of methoxy groups -OCH3 is 2. The lowest BCUT2D eigenvalue weighted by atomic mass is 9.83. The second-order valence-electron chi connectivity index (χ2n) is 20.7. The smallest absolute Gasteiger partial charge is 0.326 e. The van der Waals surface area contributed by atoms with Crippen molar-refractivity contribution in [2.75, 3.05) is 60.0 Å². The molecule has 6 amide bonds. The van der Waals surface area contributed by atoms with Crippen LogP contribution in [0, 0.1) is 35.4 Å². The molecule has 73 heavy (non-hydrogen) atoms. The summed E-state index contributed by atoms with van der Waals surface area (Å²) in [6.45, 7) is 16.0. The first-order chi connectivity index (χ1) is 34.6. The molecular formula is C54H87FN5O11PS. The second-order valence-corrected chi connectivity index (χ2v) is 23.2. The lowest BCUT2D eigenvalue weighted by Crippen LogP contribution is -2.55. The molecule has 0 bridgehead atoms. The van der Waals surface area contributed by atoms with Crippen LogP contribution in [0.2, 0.25) is 0 Å². The Bertz CT molecular complexity index is 2010. The fourth-order valence-electron chi connectivity index (χ4n) is 10.5. The molecule has 11 atom stereocenters. The summed E-state index contributed by atoms with van der Waals surface area (Å²) in [5, 5.41) is 12.2. The van der Waals surface area contributed by atoms with E-state index in [0.29, 0.717) is 51.6 Å². The van der Waals surface area contributed by atoms with E-state index < -0.39 is 65.9 Å². The van der Waals surface area contributed by atoms with Crippen molar-refractivity contribution in [3.63, 3.8) is 0 Å². The zero-order valence-corrected chi connectivity index (χ0v) is 47.5. The molecule has 0 radical (unpaired) electrons. The number of ketones is 1. The van der Waals surface area contributed by atoms with Crippen LogP contribution in [0.25, 0.3) is 0 Å². The third-order valence-corrected chi connectivity index (χ3v) is 17.1. The number of carboxylic acid groups (broad SMARTS) is 1. The van der Waals surface area contributed by atoms with Gasteiger partial charge in [-0.15, -0.1) is 20.3 Å². The molecule has 2 aliphatic rings. The van der Waals surface area contributed by atoms with Gasteiger partial charge in [0.05, 0.1) is 47.9 Å². The summed E-state index contributed by atoms with van der Waals surface area (Å²) in [6.07, 6.45) is 4.14. The largest absolute Gasteiger partial charge is 0.480 e. The van der Waals surface area contributed by atoms with Crippen molar-refractivity contribution >= 4 is 67.5 Å². The summed E-state index contributed by atoms with van der Waals surface area (Å²) in [5.41, 5.74) is 0.147. The fraction of sp³-hybridized carbons (Fsp3) is 0.741. The predicted molar refractivity (Wildman–Crippen MR) is 285 cm³/mol. The van der Waals surface area contributed by atoms with E-state index in [2.05, 4.69) is 12.0 Å². The van der Waals surface area contributed by atoms with Crippen LogP contribution in [-0.2, 0) is 54.3 Å². The highest BCUT2D eigenvalue weighted by molar-refractivity contribution is 8.00. The van der Waals surface area contributed by atoms with Crippen LogP contribution in [0.3, 0.4) is 0 Å². The Morgan fingerprint density at radius 3 is 2.21 bits per heavy atom. The maximum absolute atomic E-state index is 14.7. The lowest BCUT2D eigenvalue weighted by molar-refractivity contribution is -0.150. The van der Waals surface area contributed by atoms with Crippen molar-refractivity contribution < 1.29 is 57.3 Å². The Hall–Kier alpha value is -3.99. The number of nitrogens with zero attached hydrogens (tertiary/aromatic N) is 4. The molecule has 2 aliphatic heterocycles. The van der Waals surface area contributed by atoms with Crippen LogP contribution in [0.15, 0.2) is 24.3 Å². The molecular weight excluding hydrogens is 977 g/mol. The van der Waals surface area contributed by atoms with Crippen molar-refractivity contribution in [3.05, 3.63) is 35.6 Å². The number of ether oxygens (including phenoxy) is 2. The molecule has 1 aromatic carbocycles. The number of Topliss-reactive ketones (excluding diaryl/α,β-unsaturated/α-hetero) is 1. The van der Waals surface area contributed by atoms with E-state index >= 15 is 0 Å². The van der Waals surface area contributed by atoms with Crippen LogP contribution in [-0.4, -0.2) is 174 Å². The number of amides is 6. The van der Waals surface area contributed by atoms with E-state index in [4.69, 9.17) is 9.47 Å². The first-order valence-corrected chi connectivity index (χ1v) is 29.1. The van der Waals surface area contributed by atoms with Gasteiger partial charge in [0.15, 0.2) is 5.78 Å². The van der Waals surface area contributed by atoms with Crippen molar-refractivity contribution in [2.45, 2.75) is 167 Å². The van der Waals surface area contributed by atoms with Gasteiger partial charge in [-0.2, -0.15) is 0 Å². The Morgan fingerprint density at radius 1 is 0.932 bits per heavy atom. The van der Waals surface area contributed by atoms with Gasteiger partial charge in [0, 0.05) is 73.0 Å². The fourth-order valence-corrected chi connectivity index (χ4v) is 12.4. The van der Waals surface area contributed by atoms with Gasteiger partial charge in [-0.25, -0.2) is 9.18 Å². The molecule has 0 saturated carbocycles. The number of nitrogens with one attached hydrogen (secondary N) is 1. The number of hydrogen-bond donors (Lipinski definition) is 2. The number of carboxylic acids is 1. The standard InChI is InChI=1S/C54H87FN5O11PS/c1-13-35(6)49(43(70-10)31-46(63)59-26-19-23-41(59)50(71-11)36(7)51(65)56-40(54(68)69)29-37-21-16-17-22-39(37)55)58(9)52(66)38(33(2)3)30-42(61)48(34(4)5)57(8)45(62)24-15-14-18-25-60-47(64)32-44(53(60)67)73-28-20-27-72-12/h16-17,21-22,33-36,38,40-41,43-44,48-50,72H,13-15,18-20,23-32H2,1-12H3,(H,56,65)(H,68,69)/t35-,36+,38-,40-,41-,43+,44?,48-,49-,50+/m0/s1. The summed E-state index contributed by atoms with van der Waals surface area (Å²) >= 11 is 1.57. The molecule has 2 heterocycles. The zero-order chi connectivity index (χ0) is 54.7. The zero-order valence-electron chi connectivity index (χ0n) is 45.7. The summed E-state index contributed by atoms with van der Waals surface area (Å²) in [7, 11) is 7.12. The van der Waals surface area contributed by atoms with Gasteiger partial charge in [-0.1, -0.05) is 79.5 Å². The highest BCUT2D eigenvalue weighted by Gasteiger charge is 2.44. The Morgan fingerprint density at radius 2 is 1.62 bits per heavy atom. The molecule has 16 nitrogen and oxygen atoms in total. The van der Waals surface area contributed by atoms with Crippen LogP contribution in [0.5, 0.6) is 0 Å². The van der Waals surface area contributed by atoms with Gasteiger partial charge >= 0.3 is 5.97 Å². The minimum absolute atomic E-state index is 0.0957. The molecule has 0 aliphatic carbocycles. The van der Waals surface area contributed by atoms with Crippen LogP contribution < -0.4 is 5.32 Å². The van der Waals surface area contributed by atoms with Gasteiger partial charge < -0.3 is 34.6 Å². The summed E-state index contributed by atoms with van der Waals surface area (Å²) in [6, 6.07) is 2.50. The average Bonchev–Trinajstić information content (AvgIpc) is 3.94. The van der Waals surface area contributed by atoms with E-state index in [1.165, 1.54) is 42.2 Å². The first kappa shape index (κ1) is 63.3. The number of rotatable bonds is 33. The van der Waals surface area contributed by atoms with Gasteiger partial charge in [-0.05, 0) is 80.1 Å². The molecule has 19 heteroatoms. The number of unbranched alkanes of at least 4 members (excludes halogenated alkanes) is 2.